The minimum absolute atomic E-state index is 0.0285. The summed E-state index contributed by atoms with van der Waals surface area (Å²) >= 11 is -5.53. The van der Waals surface area contributed by atoms with Crippen molar-refractivity contribution in [2.45, 2.75) is 4.90 Å². The van der Waals surface area contributed by atoms with Crippen molar-refractivity contribution < 1.29 is 11.7 Å². The number of benzene rings is 9. The Bertz CT molecular complexity index is 2900. The first kappa shape index (κ1) is 30.5. The van der Waals surface area contributed by atoms with Crippen molar-refractivity contribution in [1.29, 1.82) is 0 Å². The van der Waals surface area contributed by atoms with Crippen LogP contribution in [0.25, 0.3) is 95.8 Å². The maximum atomic E-state index is 14.8. The van der Waals surface area contributed by atoms with Crippen LogP contribution in [0.4, 0.5) is 11.7 Å². The number of rotatable bonds is 4. The minimum atomic E-state index is -5.51. The van der Waals surface area contributed by atoms with Gasteiger partial charge in [0.25, 0.3) is 0 Å². The summed E-state index contributed by atoms with van der Waals surface area (Å²) in [6.45, 7) is 0. The molecule has 0 atom stereocenters. The van der Waals surface area contributed by atoms with Crippen LogP contribution in [-0.4, -0.2) is 14.5 Å². The zero-order chi connectivity index (χ0) is 34.3. The van der Waals surface area contributed by atoms with Gasteiger partial charge in [-0.05, 0) is 0 Å². The quantitative estimate of drug-likeness (QED) is 0.124. The molecule has 10 aromatic rings. The second-order valence-corrected chi connectivity index (χ2v) is 16.3. The second-order valence-electron chi connectivity index (χ2n) is 12.9. The van der Waals surface area contributed by atoms with Gasteiger partial charge >= 0.3 is 302 Å². The van der Waals surface area contributed by atoms with E-state index >= 15 is 0 Å². The SMILES string of the molecule is FS(F)(F)c1c2ccccc2c(-c2cccc3[se]c4c(-c5c6ccccc6c(-c6ccccc6)c6ccccc56)cccc4c23)c2ccccc12. The second kappa shape index (κ2) is 11.6. The molecule has 0 unspecified atom stereocenters. The number of fused-ring (bicyclic) bond motifs is 7. The summed E-state index contributed by atoms with van der Waals surface area (Å²) in [5, 5.41) is 8.93. The molecular formula is C46H27F3SSe. The molecule has 0 spiro atoms. The van der Waals surface area contributed by atoms with E-state index in [-0.39, 0.29) is 25.3 Å². The molecular weight excluding hydrogens is 721 g/mol. The number of halogens is 3. The first-order chi connectivity index (χ1) is 25.0. The first-order valence-electron chi connectivity index (χ1n) is 16.8. The molecule has 0 aliphatic carbocycles. The van der Waals surface area contributed by atoms with Crippen molar-refractivity contribution in [3.05, 3.63) is 164 Å². The third-order valence-corrected chi connectivity index (χ3v) is 13.6. The van der Waals surface area contributed by atoms with Crippen LogP contribution in [0.3, 0.4) is 0 Å². The standard InChI is InChI=1S/C46H27F3SSe/c47-50(48,49)45-35-22-10-8-20-33(35)42(34-21-9-11-23-36(34)45)37-24-13-27-40-44(37)39-26-12-25-38(46(39)51-40)43-31-18-6-4-16-29(31)41(28-14-2-1-3-15-28)30-17-5-7-19-32(30)43/h1-27H. The van der Waals surface area contributed by atoms with Gasteiger partial charge in [0.1, 0.15) is 0 Å². The van der Waals surface area contributed by atoms with Gasteiger partial charge in [-0.25, -0.2) is 0 Å². The van der Waals surface area contributed by atoms with Crippen molar-refractivity contribution in [3.8, 4) is 33.4 Å². The third kappa shape index (κ3) is 4.62. The van der Waals surface area contributed by atoms with Crippen molar-refractivity contribution >= 4 is 88.1 Å². The van der Waals surface area contributed by atoms with Crippen molar-refractivity contribution in [2.24, 2.45) is 0 Å². The Hall–Kier alpha value is -5.32. The van der Waals surface area contributed by atoms with E-state index in [1.807, 2.05) is 24.3 Å². The van der Waals surface area contributed by atoms with Crippen LogP contribution < -0.4 is 0 Å². The van der Waals surface area contributed by atoms with Gasteiger partial charge in [0, 0.05) is 0 Å². The summed E-state index contributed by atoms with van der Waals surface area (Å²) in [7, 11) is 0. The van der Waals surface area contributed by atoms with Crippen molar-refractivity contribution in [3.63, 3.8) is 0 Å². The third-order valence-electron chi connectivity index (χ3n) is 10.2. The van der Waals surface area contributed by atoms with E-state index in [2.05, 4.69) is 115 Å². The Balaban J connectivity index is 1.32. The van der Waals surface area contributed by atoms with Crippen LogP contribution in [0.1, 0.15) is 0 Å². The molecule has 0 nitrogen and oxygen atoms in total. The zero-order valence-electron chi connectivity index (χ0n) is 27.0. The Labute approximate surface area is 300 Å². The van der Waals surface area contributed by atoms with E-state index in [1.54, 1.807) is 24.3 Å². The summed E-state index contributed by atoms with van der Waals surface area (Å²) < 4.78 is 47.1. The van der Waals surface area contributed by atoms with Gasteiger partial charge in [-0.2, -0.15) is 0 Å². The summed E-state index contributed by atoms with van der Waals surface area (Å²) in [6.07, 6.45) is 0. The Morgan fingerprint density at radius 1 is 0.353 bits per heavy atom. The van der Waals surface area contributed by atoms with E-state index in [9.17, 15) is 11.7 Å². The van der Waals surface area contributed by atoms with Gasteiger partial charge in [-0.15, -0.1) is 0 Å². The molecule has 9 aromatic carbocycles. The Morgan fingerprint density at radius 2 is 0.765 bits per heavy atom. The molecule has 1 aromatic heterocycles. The fourth-order valence-electron chi connectivity index (χ4n) is 8.22. The van der Waals surface area contributed by atoms with Gasteiger partial charge < -0.3 is 0 Å². The van der Waals surface area contributed by atoms with Crippen LogP contribution in [-0.2, 0) is 0 Å². The topological polar surface area (TPSA) is 0 Å². The van der Waals surface area contributed by atoms with Crippen LogP contribution in [0.15, 0.2) is 169 Å². The fourth-order valence-corrected chi connectivity index (χ4v) is 11.7. The number of hydrogen-bond donors (Lipinski definition) is 0. The van der Waals surface area contributed by atoms with Crippen molar-refractivity contribution in [2.75, 3.05) is 0 Å². The van der Waals surface area contributed by atoms with E-state index < -0.39 is 16.1 Å². The summed E-state index contributed by atoms with van der Waals surface area (Å²) in [5.74, 6) is 0. The molecule has 5 heteroatoms. The van der Waals surface area contributed by atoms with Gasteiger partial charge in [-0.3, -0.25) is 0 Å². The molecule has 0 amide bonds. The van der Waals surface area contributed by atoms with Crippen LogP contribution >= 0.6 is 11.2 Å². The summed E-state index contributed by atoms with van der Waals surface area (Å²) in [5.41, 5.74) is 6.71. The van der Waals surface area contributed by atoms with Gasteiger partial charge in [0.05, 0.1) is 0 Å². The molecule has 1 heterocycles. The van der Waals surface area contributed by atoms with Crippen LogP contribution in [0, 0.1) is 0 Å². The number of hydrogen-bond acceptors (Lipinski definition) is 0. The van der Waals surface area contributed by atoms with E-state index in [4.69, 9.17) is 0 Å². The molecule has 51 heavy (non-hydrogen) atoms. The molecule has 0 aliphatic rings. The maximum absolute atomic E-state index is 14.8. The predicted molar refractivity (Wildman–Crippen MR) is 214 cm³/mol. The Morgan fingerprint density at radius 3 is 1.31 bits per heavy atom. The van der Waals surface area contributed by atoms with Gasteiger partial charge in [0.15, 0.2) is 0 Å². The molecule has 10 rings (SSSR count). The Kier molecular flexibility index (Phi) is 6.94. The van der Waals surface area contributed by atoms with Crippen LogP contribution in [0.5, 0.6) is 0 Å². The average Bonchev–Trinajstić information content (AvgIpc) is 3.55. The predicted octanol–water partition coefficient (Wildman–Crippen LogP) is 14.5. The van der Waals surface area contributed by atoms with E-state index in [0.29, 0.717) is 10.8 Å². The molecule has 0 N–H and O–H groups in total. The van der Waals surface area contributed by atoms with E-state index in [1.165, 1.54) is 52.3 Å². The molecule has 244 valence electrons. The van der Waals surface area contributed by atoms with Gasteiger partial charge in [0.2, 0.25) is 0 Å². The monoisotopic (exact) mass is 748 g/mol. The zero-order valence-corrected chi connectivity index (χ0v) is 29.6. The summed E-state index contributed by atoms with van der Waals surface area (Å²) in [4.78, 5) is -0.491. The van der Waals surface area contributed by atoms with Crippen LogP contribution in [0.2, 0.25) is 0 Å². The summed E-state index contributed by atoms with van der Waals surface area (Å²) in [6, 6.07) is 55.2. The molecule has 0 radical (unpaired) electrons. The first-order valence-corrected chi connectivity index (χ1v) is 19.8. The molecule has 0 fully saturated rings. The van der Waals surface area contributed by atoms with E-state index in [0.717, 1.165) is 21.9 Å². The molecule has 0 aliphatic heterocycles. The molecule has 0 saturated heterocycles. The fraction of sp³-hybridized carbons (Fsp3) is 0. The normalized spacial score (nSPS) is 12.5. The molecule has 0 bridgehead atoms. The average molecular weight is 748 g/mol. The molecule has 0 saturated carbocycles. The van der Waals surface area contributed by atoms with Crippen molar-refractivity contribution in [1.82, 2.24) is 0 Å². The van der Waals surface area contributed by atoms with Gasteiger partial charge in [-0.1, -0.05) is 0 Å².